The van der Waals surface area contributed by atoms with E-state index in [1.165, 1.54) is 18.2 Å². The highest BCUT2D eigenvalue weighted by Crippen LogP contribution is 2.26. The van der Waals surface area contributed by atoms with Gasteiger partial charge in [-0.1, -0.05) is 6.07 Å². The van der Waals surface area contributed by atoms with Gasteiger partial charge >= 0.3 is 0 Å². The van der Waals surface area contributed by atoms with Crippen molar-refractivity contribution in [1.82, 2.24) is 25.1 Å². The third kappa shape index (κ3) is 3.60. The minimum absolute atomic E-state index is 0.311. The maximum atomic E-state index is 12.8. The summed E-state index contributed by atoms with van der Waals surface area (Å²) in [5.41, 5.74) is 10.5. The van der Waals surface area contributed by atoms with E-state index in [9.17, 15) is 4.79 Å². The molecule has 1 saturated heterocycles. The second kappa shape index (κ2) is 7.57. The Morgan fingerprint density at radius 1 is 1.10 bits per heavy atom. The van der Waals surface area contributed by atoms with Crippen LogP contribution in [0.4, 0.5) is 11.5 Å². The summed E-state index contributed by atoms with van der Waals surface area (Å²) in [5.74, 6) is 0.0856. The predicted octanol–water partition coefficient (Wildman–Crippen LogP) is 3.06. The summed E-state index contributed by atoms with van der Waals surface area (Å²) >= 11 is 0. The van der Waals surface area contributed by atoms with E-state index in [-0.39, 0.29) is 5.91 Å². The van der Waals surface area contributed by atoms with Crippen LogP contribution in [0.3, 0.4) is 0 Å². The van der Waals surface area contributed by atoms with Crippen LogP contribution in [-0.4, -0.2) is 44.1 Å². The Kier molecular flexibility index (Phi) is 4.61. The Bertz CT molecular complexity index is 1210. The third-order valence-electron chi connectivity index (χ3n) is 5.31. The van der Waals surface area contributed by atoms with Gasteiger partial charge < -0.3 is 11.1 Å². The van der Waals surface area contributed by atoms with Crippen LogP contribution in [0.15, 0.2) is 55.0 Å². The molecular weight excluding hydrogens is 378 g/mol. The van der Waals surface area contributed by atoms with Crippen molar-refractivity contribution in [2.75, 3.05) is 24.1 Å². The van der Waals surface area contributed by atoms with Gasteiger partial charge in [-0.05, 0) is 61.0 Å². The molecule has 0 spiro atoms. The number of H-pyrrole nitrogens is 1. The number of hydrogen-bond donors (Lipinski definition) is 3. The number of fused-ring (bicyclic) bond motifs is 1. The number of likely N-dealkylation sites (tertiary alicyclic amines) is 1. The average molecular weight is 399 g/mol. The number of anilines is 2. The van der Waals surface area contributed by atoms with Crippen molar-refractivity contribution in [3.8, 4) is 11.1 Å². The monoisotopic (exact) mass is 399 g/mol. The minimum Gasteiger partial charge on any atom is -0.384 e. The SMILES string of the molecule is Nc1ccc(NC(=O)c2n[nH]c3ccc(-c4cncc(CN5CCC5)c4)cc23)cn1. The highest BCUT2D eigenvalue weighted by atomic mass is 16.1. The smallest absolute Gasteiger partial charge is 0.276 e. The molecule has 0 bridgehead atoms. The molecule has 0 radical (unpaired) electrons. The van der Waals surface area contributed by atoms with Crippen LogP contribution in [0, 0.1) is 0 Å². The number of rotatable bonds is 5. The largest absolute Gasteiger partial charge is 0.384 e. The molecule has 8 heteroatoms. The Morgan fingerprint density at radius 3 is 2.77 bits per heavy atom. The second-order valence-corrected chi connectivity index (χ2v) is 7.47. The average Bonchev–Trinajstić information content (AvgIpc) is 3.16. The summed E-state index contributed by atoms with van der Waals surface area (Å²) in [6, 6.07) is 11.4. The Labute approximate surface area is 173 Å². The number of pyridine rings is 2. The number of nitrogens with two attached hydrogens (primary N) is 1. The van der Waals surface area contributed by atoms with Gasteiger partial charge in [0.1, 0.15) is 5.82 Å². The van der Waals surface area contributed by atoms with Crippen LogP contribution in [0.5, 0.6) is 0 Å². The summed E-state index contributed by atoms with van der Waals surface area (Å²) in [6.45, 7) is 3.21. The van der Waals surface area contributed by atoms with E-state index in [0.29, 0.717) is 17.2 Å². The molecule has 30 heavy (non-hydrogen) atoms. The molecular formula is C22H21N7O. The molecule has 5 rings (SSSR count). The second-order valence-electron chi connectivity index (χ2n) is 7.47. The number of amides is 1. The Morgan fingerprint density at radius 2 is 2.00 bits per heavy atom. The zero-order valence-electron chi connectivity index (χ0n) is 16.3. The molecule has 1 aromatic carbocycles. The first kappa shape index (κ1) is 18.3. The molecule has 0 atom stereocenters. The van der Waals surface area contributed by atoms with Crippen molar-refractivity contribution in [2.24, 2.45) is 0 Å². The van der Waals surface area contributed by atoms with Gasteiger partial charge in [-0.25, -0.2) is 4.98 Å². The molecule has 8 nitrogen and oxygen atoms in total. The van der Waals surface area contributed by atoms with E-state index in [4.69, 9.17) is 5.73 Å². The van der Waals surface area contributed by atoms with Gasteiger partial charge in [-0.2, -0.15) is 5.10 Å². The van der Waals surface area contributed by atoms with E-state index in [0.717, 1.165) is 41.7 Å². The summed E-state index contributed by atoms with van der Waals surface area (Å²) in [4.78, 5) is 23.6. The maximum Gasteiger partial charge on any atom is 0.276 e. The Balaban J connectivity index is 1.43. The number of nitrogens with zero attached hydrogens (tertiary/aromatic N) is 4. The fourth-order valence-electron chi connectivity index (χ4n) is 3.57. The fraction of sp³-hybridized carbons (Fsp3) is 0.182. The van der Waals surface area contributed by atoms with E-state index in [2.05, 4.69) is 36.4 Å². The lowest BCUT2D eigenvalue weighted by molar-refractivity contribution is 0.102. The van der Waals surface area contributed by atoms with Crippen molar-refractivity contribution in [1.29, 1.82) is 0 Å². The number of benzene rings is 1. The van der Waals surface area contributed by atoms with E-state index in [1.807, 2.05) is 30.6 Å². The van der Waals surface area contributed by atoms with Gasteiger partial charge in [0.25, 0.3) is 5.91 Å². The minimum atomic E-state index is -0.311. The lowest BCUT2D eigenvalue weighted by Crippen LogP contribution is -2.36. The number of aromatic nitrogens is 4. The highest BCUT2D eigenvalue weighted by molar-refractivity contribution is 6.11. The van der Waals surface area contributed by atoms with Crippen molar-refractivity contribution >= 4 is 28.3 Å². The number of nitrogens with one attached hydrogen (secondary N) is 2. The first-order chi connectivity index (χ1) is 14.7. The summed E-state index contributed by atoms with van der Waals surface area (Å²) in [6.07, 6.45) is 6.54. The van der Waals surface area contributed by atoms with E-state index < -0.39 is 0 Å². The van der Waals surface area contributed by atoms with Crippen LogP contribution in [0.1, 0.15) is 22.5 Å². The number of hydrogen-bond acceptors (Lipinski definition) is 6. The number of aromatic amines is 1. The number of carbonyl (C=O) groups excluding carboxylic acids is 1. The van der Waals surface area contributed by atoms with Gasteiger partial charge in [0.2, 0.25) is 0 Å². The van der Waals surface area contributed by atoms with Crippen LogP contribution in [0.25, 0.3) is 22.0 Å². The molecule has 1 amide bonds. The van der Waals surface area contributed by atoms with Crippen molar-refractivity contribution < 1.29 is 4.79 Å². The Hall–Kier alpha value is -3.78. The van der Waals surface area contributed by atoms with Crippen LogP contribution < -0.4 is 11.1 Å². The van der Waals surface area contributed by atoms with E-state index >= 15 is 0 Å². The molecule has 3 aromatic heterocycles. The van der Waals surface area contributed by atoms with Gasteiger partial charge in [0.05, 0.1) is 17.4 Å². The first-order valence-electron chi connectivity index (χ1n) is 9.83. The first-order valence-corrected chi connectivity index (χ1v) is 9.83. The maximum absolute atomic E-state index is 12.8. The summed E-state index contributed by atoms with van der Waals surface area (Å²) in [7, 11) is 0. The molecule has 0 unspecified atom stereocenters. The standard InChI is InChI=1S/C22H21N7O/c23-20-5-3-17(12-25-20)26-22(30)21-18-9-15(2-4-19(18)27-28-21)16-8-14(10-24-11-16)13-29-6-1-7-29/h2-5,8-12H,1,6-7,13H2,(H2,23,25)(H,26,30)(H,27,28). The topological polar surface area (TPSA) is 113 Å². The lowest BCUT2D eigenvalue weighted by Gasteiger charge is -2.30. The quantitative estimate of drug-likeness (QED) is 0.475. The zero-order valence-corrected chi connectivity index (χ0v) is 16.3. The lowest BCUT2D eigenvalue weighted by atomic mass is 10.0. The molecule has 1 aliphatic rings. The van der Waals surface area contributed by atoms with Crippen molar-refractivity contribution in [2.45, 2.75) is 13.0 Å². The normalized spacial score (nSPS) is 13.9. The van der Waals surface area contributed by atoms with Gasteiger partial charge in [0, 0.05) is 29.9 Å². The molecule has 1 fully saturated rings. The number of carbonyl (C=O) groups is 1. The molecule has 1 aliphatic heterocycles. The van der Waals surface area contributed by atoms with E-state index in [1.54, 1.807) is 12.1 Å². The van der Waals surface area contributed by atoms with Crippen molar-refractivity contribution in [3.63, 3.8) is 0 Å². The van der Waals surface area contributed by atoms with Crippen molar-refractivity contribution in [3.05, 3.63) is 66.2 Å². The molecule has 150 valence electrons. The zero-order chi connectivity index (χ0) is 20.5. The third-order valence-corrected chi connectivity index (χ3v) is 5.31. The van der Waals surface area contributed by atoms with Crippen LogP contribution in [-0.2, 0) is 6.54 Å². The molecule has 4 heterocycles. The molecule has 0 saturated carbocycles. The fourth-order valence-corrected chi connectivity index (χ4v) is 3.57. The van der Waals surface area contributed by atoms with Gasteiger partial charge in [-0.3, -0.25) is 19.8 Å². The number of nitrogen functional groups attached to an aromatic ring is 1. The van der Waals surface area contributed by atoms with Crippen LogP contribution in [0.2, 0.25) is 0 Å². The van der Waals surface area contributed by atoms with Gasteiger partial charge in [0.15, 0.2) is 5.69 Å². The van der Waals surface area contributed by atoms with Gasteiger partial charge in [-0.15, -0.1) is 0 Å². The molecule has 4 aromatic rings. The molecule has 0 aliphatic carbocycles. The predicted molar refractivity (Wildman–Crippen MR) is 116 cm³/mol. The summed E-state index contributed by atoms with van der Waals surface area (Å²) < 4.78 is 0. The van der Waals surface area contributed by atoms with Crippen LogP contribution >= 0.6 is 0 Å². The molecule has 4 N–H and O–H groups in total. The summed E-state index contributed by atoms with van der Waals surface area (Å²) in [5, 5.41) is 10.7. The highest BCUT2D eigenvalue weighted by Gasteiger charge is 2.17.